The monoisotopic (exact) mass is 301 g/mol. The molecule has 2 rings (SSSR count). The van der Waals surface area contributed by atoms with Gasteiger partial charge in [-0.25, -0.2) is 4.79 Å². The van der Waals surface area contributed by atoms with Crippen molar-refractivity contribution in [1.82, 2.24) is 0 Å². The molecule has 22 heavy (non-hydrogen) atoms. The lowest BCUT2D eigenvalue weighted by Crippen LogP contribution is -2.11. The zero-order chi connectivity index (χ0) is 16.1. The summed E-state index contributed by atoms with van der Waals surface area (Å²) in [4.78, 5) is 22.9. The molecular formula is C16H15NO5. The molecule has 1 amide bonds. The van der Waals surface area contributed by atoms with Gasteiger partial charge in [0.05, 0.1) is 11.3 Å². The summed E-state index contributed by atoms with van der Waals surface area (Å²) in [7, 11) is 0. The van der Waals surface area contributed by atoms with Crippen molar-refractivity contribution in [2.24, 2.45) is 0 Å². The lowest BCUT2D eigenvalue weighted by molar-refractivity contribution is -0.111. The molecule has 0 aliphatic carbocycles. The normalized spacial score (nSPS) is 10.8. The highest BCUT2D eigenvalue weighted by Gasteiger charge is 2.12. The van der Waals surface area contributed by atoms with Crippen LogP contribution in [0.3, 0.4) is 0 Å². The number of carbonyl (C=O) groups excluding carboxylic acids is 1. The van der Waals surface area contributed by atoms with E-state index in [9.17, 15) is 14.7 Å². The number of aromatic carboxylic acids is 1. The third-order valence-corrected chi connectivity index (χ3v) is 2.92. The highest BCUT2D eigenvalue weighted by molar-refractivity contribution is 6.06. The maximum Gasteiger partial charge on any atom is 0.337 e. The van der Waals surface area contributed by atoms with Gasteiger partial charge in [-0.05, 0) is 36.4 Å². The number of carbonyl (C=O) groups is 2. The molecule has 0 saturated heterocycles. The SMILES string of the molecule is CCc1ccc(C=CC(=O)Nc2ccc(O)cc2C(=O)O)o1. The highest BCUT2D eigenvalue weighted by atomic mass is 16.4. The van der Waals surface area contributed by atoms with Gasteiger partial charge in [0.2, 0.25) is 5.91 Å². The minimum Gasteiger partial charge on any atom is -0.508 e. The number of amides is 1. The zero-order valence-corrected chi connectivity index (χ0v) is 11.9. The van der Waals surface area contributed by atoms with Gasteiger partial charge in [0.15, 0.2) is 0 Å². The topological polar surface area (TPSA) is 99.8 Å². The van der Waals surface area contributed by atoms with Gasteiger partial charge in [-0.1, -0.05) is 6.92 Å². The fourth-order valence-electron chi connectivity index (χ4n) is 1.82. The average molecular weight is 301 g/mol. The van der Waals surface area contributed by atoms with E-state index in [0.717, 1.165) is 18.2 Å². The van der Waals surface area contributed by atoms with Gasteiger partial charge in [0, 0.05) is 12.5 Å². The first kappa shape index (κ1) is 15.4. The fraction of sp³-hybridized carbons (Fsp3) is 0.125. The number of aromatic hydroxyl groups is 1. The summed E-state index contributed by atoms with van der Waals surface area (Å²) < 4.78 is 5.42. The van der Waals surface area contributed by atoms with E-state index in [4.69, 9.17) is 9.52 Å². The van der Waals surface area contributed by atoms with E-state index in [1.807, 2.05) is 13.0 Å². The molecule has 1 heterocycles. The highest BCUT2D eigenvalue weighted by Crippen LogP contribution is 2.21. The second kappa shape index (κ2) is 6.62. The van der Waals surface area contributed by atoms with Gasteiger partial charge in [-0.3, -0.25) is 4.79 Å². The van der Waals surface area contributed by atoms with Crippen molar-refractivity contribution in [2.75, 3.05) is 5.32 Å². The molecule has 0 bridgehead atoms. The lowest BCUT2D eigenvalue weighted by Gasteiger charge is -2.06. The Kier molecular flexibility index (Phi) is 4.63. The number of anilines is 1. The first-order chi connectivity index (χ1) is 10.5. The van der Waals surface area contributed by atoms with E-state index >= 15 is 0 Å². The molecule has 0 fully saturated rings. The Bertz CT molecular complexity index is 730. The molecule has 0 spiro atoms. The van der Waals surface area contributed by atoms with Crippen LogP contribution in [0.15, 0.2) is 40.8 Å². The average Bonchev–Trinajstić information content (AvgIpc) is 2.95. The summed E-state index contributed by atoms with van der Waals surface area (Å²) in [5, 5.41) is 20.8. The smallest absolute Gasteiger partial charge is 0.337 e. The van der Waals surface area contributed by atoms with Crippen LogP contribution in [0.2, 0.25) is 0 Å². The van der Waals surface area contributed by atoms with Gasteiger partial charge < -0.3 is 19.9 Å². The van der Waals surface area contributed by atoms with Crippen LogP contribution >= 0.6 is 0 Å². The van der Waals surface area contributed by atoms with Gasteiger partial charge in [0.25, 0.3) is 0 Å². The Hall–Kier alpha value is -3.02. The molecule has 3 N–H and O–H groups in total. The Balaban J connectivity index is 2.10. The molecular weight excluding hydrogens is 286 g/mol. The standard InChI is InChI=1S/C16H15NO5/c1-2-11-4-5-12(22-11)6-8-15(19)17-14-7-3-10(18)9-13(14)16(20)21/h3-9,18H,2H2,1H3,(H,17,19)(H,20,21). The lowest BCUT2D eigenvalue weighted by atomic mass is 10.1. The van der Waals surface area contributed by atoms with Crippen molar-refractivity contribution in [2.45, 2.75) is 13.3 Å². The minimum atomic E-state index is -1.24. The molecule has 2 aromatic rings. The second-order valence-electron chi connectivity index (χ2n) is 4.52. The van der Waals surface area contributed by atoms with Crippen molar-refractivity contribution >= 4 is 23.6 Å². The third-order valence-electron chi connectivity index (χ3n) is 2.92. The fourth-order valence-corrected chi connectivity index (χ4v) is 1.82. The third kappa shape index (κ3) is 3.76. The summed E-state index contributed by atoms with van der Waals surface area (Å²) in [6, 6.07) is 7.26. The van der Waals surface area contributed by atoms with Gasteiger partial charge in [0.1, 0.15) is 17.3 Å². The molecule has 1 aromatic heterocycles. The number of nitrogens with one attached hydrogen (secondary N) is 1. The molecule has 1 aromatic carbocycles. The predicted molar refractivity (Wildman–Crippen MR) is 80.8 cm³/mol. The Morgan fingerprint density at radius 2 is 2.05 bits per heavy atom. The maximum absolute atomic E-state index is 11.8. The summed E-state index contributed by atoms with van der Waals surface area (Å²) in [6.45, 7) is 1.96. The van der Waals surface area contributed by atoms with E-state index in [1.165, 1.54) is 24.3 Å². The van der Waals surface area contributed by atoms with Crippen LogP contribution in [-0.4, -0.2) is 22.1 Å². The molecule has 0 atom stereocenters. The summed E-state index contributed by atoms with van der Waals surface area (Å²) in [6.07, 6.45) is 3.50. The number of hydrogen-bond acceptors (Lipinski definition) is 4. The van der Waals surface area contributed by atoms with Crippen molar-refractivity contribution in [3.05, 3.63) is 53.5 Å². The summed E-state index contributed by atoms with van der Waals surface area (Å²) >= 11 is 0. The molecule has 0 radical (unpaired) electrons. The molecule has 114 valence electrons. The van der Waals surface area contributed by atoms with E-state index < -0.39 is 11.9 Å². The van der Waals surface area contributed by atoms with Crippen molar-refractivity contribution in [3.8, 4) is 5.75 Å². The van der Waals surface area contributed by atoms with E-state index in [1.54, 1.807) is 6.07 Å². The van der Waals surface area contributed by atoms with Crippen molar-refractivity contribution in [1.29, 1.82) is 0 Å². The van der Waals surface area contributed by atoms with Crippen LogP contribution in [-0.2, 0) is 11.2 Å². The van der Waals surface area contributed by atoms with Gasteiger partial charge in [-0.2, -0.15) is 0 Å². The van der Waals surface area contributed by atoms with E-state index in [0.29, 0.717) is 5.76 Å². The number of furan rings is 1. The second-order valence-corrected chi connectivity index (χ2v) is 4.52. The van der Waals surface area contributed by atoms with Crippen LogP contribution in [0.4, 0.5) is 5.69 Å². The summed E-state index contributed by atoms with van der Waals surface area (Å²) in [5.74, 6) is -0.576. The maximum atomic E-state index is 11.8. The summed E-state index contributed by atoms with van der Waals surface area (Å²) in [5.41, 5.74) is -0.0818. The van der Waals surface area contributed by atoms with Crippen molar-refractivity contribution < 1.29 is 24.2 Å². The number of hydrogen-bond donors (Lipinski definition) is 3. The molecule has 0 saturated carbocycles. The quantitative estimate of drug-likeness (QED) is 0.582. The minimum absolute atomic E-state index is 0.105. The number of phenols is 1. The van der Waals surface area contributed by atoms with Gasteiger partial charge >= 0.3 is 5.97 Å². The number of carboxylic acids is 1. The number of phenolic OH excluding ortho intramolecular Hbond substituents is 1. The molecule has 0 aliphatic heterocycles. The van der Waals surface area contributed by atoms with Crippen LogP contribution in [0.25, 0.3) is 6.08 Å². The molecule has 0 aliphatic rings. The van der Waals surface area contributed by atoms with Crippen molar-refractivity contribution in [3.63, 3.8) is 0 Å². The molecule has 6 heteroatoms. The Labute approximate surface area is 126 Å². The predicted octanol–water partition coefficient (Wildman–Crippen LogP) is 2.90. The molecule has 0 unspecified atom stereocenters. The number of rotatable bonds is 5. The largest absolute Gasteiger partial charge is 0.508 e. The Morgan fingerprint density at radius 3 is 2.68 bits per heavy atom. The first-order valence-corrected chi connectivity index (χ1v) is 6.63. The van der Waals surface area contributed by atoms with E-state index in [2.05, 4.69) is 5.32 Å². The number of aryl methyl sites for hydroxylation is 1. The number of benzene rings is 1. The van der Waals surface area contributed by atoms with Crippen LogP contribution in [0, 0.1) is 0 Å². The number of carboxylic acid groups (broad SMARTS) is 1. The van der Waals surface area contributed by atoms with Crippen LogP contribution < -0.4 is 5.32 Å². The van der Waals surface area contributed by atoms with Crippen LogP contribution in [0.5, 0.6) is 5.75 Å². The molecule has 6 nitrogen and oxygen atoms in total. The first-order valence-electron chi connectivity index (χ1n) is 6.63. The van der Waals surface area contributed by atoms with E-state index in [-0.39, 0.29) is 17.0 Å². The van der Waals surface area contributed by atoms with Gasteiger partial charge in [-0.15, -0.1) is 0 Å². The van der Waals surface area contributed by atoms with Crippen LogP contribution in [0.1, 0.15) is 28.8 Å². The Morgan fingerprint density at radius 1 is 1.27 bits per heavy atom. The zero-order valence-electron chi connectivity index (χ0n) is 11.9.